The van der Waals surface area contributed by atoms with Crippen LogP contribution in [0.1, 0.15) is 101 Å². The van der Waals surface area contributed by atoms with E-state index in [0.717, 1.165) is 70.1 Å². The summed E-state index contributed by atoms with van der Waals surface area (Å²) in [5.74, 6) is 3.89. The van der Waals surface area contributed by atoms with Gasteiger partial charge in [-0.15, -0.1) is 45.3 Å². The molecule has 0 saturated heterocycles. The van der Waals surface area contributed by atoms with Crippen LogP contribution in [0.2, 0.25) is 0 Å². The minimum absolute atomic E-state index is 0.0713. The van der Waals surface area contributed by atoms with E-state index in [9.17, 15) is 63.9 Å². The van der Waals surface area contributed by atoms with Crippen LogP contribution in [0.3, 0.4) is 0 Å². The third-order valence-electron chi connectivity index (χ3n) is 18.5. The maximum absolute atomic E-state index is 13.5. The first-order valence-corrected chi connectivity index (χ1v) is 41.0. The quantitative estimate of drug-likeness (QED) is 0.0126. The summed E-state index contributed by atoms with van der Waals surface area (Å²) in [6.45, 7) is 5.29. The van der Waals surface area contributed by atoms with Crippen molar-refractivity contribution in [3.05, 3.63) is 373 Å². The van der Waals surface area contributed by atoms with Crippen LogP contribution >= 0.6 is 45.3 Å². The molecule has 0 unspecified atom stereocenters. The molecule has 25 heteroatoms. The highest BCUT2D eigenvalue weighted by Gasteiger charge is 2.28. The number of aromatic hydroxyl groups is 5. The molecule has 5 N–H and O–H groups in total. The van der Waals surface area contributed by atoms with Gasteiger partial charge in [-0.25, -0.2) is 0 Å². The van der Waals surface area contributed by atoms with E-state index in [0.29, 0.717) is 124 Å². The largest absolute Gasteiger partial charge is 0.508 e. The van der Waals surface area contributed by atoms with Crippen LogP contribution in [0.25, 0.3) is 64.6 Å². The lowest BCUT2D eigenvalue weighted by Crippen LogP contribution is -2.04. The molecule has 0 aliphatic rings. The summed E-state index contributed by atoms with van der Waals surface area (Å²) < 4.78 is 45.8. The summed E-state index contributed by atoms with van der Waals surface area (Å²) in [7, 11) is 0. The summed E-state index contributed by atoms with van der Waals surface area (Å²) in [4.78, 5) is 95.8. The fourth-order valence-electron chi connectivity index (χ4n) is 12.5. The normalized spacial score (nSPS) is 11.0. The Morgan fingerprint density at radius 1 is 0.298 bits per heavy atom. The number of phenols is 5. The molecule has 16 aromatic rings. The van der Waals surface area contributed by atoms with Gasteiger partial charge in [-0.3, -0.25) is 38.4 Å². The molecule has 4 aromatic heterocycles. The topological polar surface area (TPSA) is 312 Å². The van der Waals surface area contributed by atoms with Gasteiger partial charge in [-0.1, -0.05) is 134 Å². The van der Waals surface area contributed by atoms with Crippen LogP contribution in [-0.2, 0) is 44.5 Å². The van der Waals surface area contributed by atoms with Crippen LogP contribution in [0, 0.1) is 6.92 Å². The van der Waals surface area contributed by atoms with E-state index in [2.05, 4.69) is 18.9 Å². The summed E-state index contributed by atoms with van der Waals surface area (Å²) in [5, 5.41) is 51.9. The number of fused-ring (bicyclic) bond motifs is 4. The van der Waals surface area contributed by atoms with Crippen molar-refractivity contribution in [2.24, 2.45) is 0 Å². The highest BCUT2D eigenvalue weighted by atomic mass is 32.1. The average Bonchev–Trinajstić information content (AvgIpc) is 1.61. The van der Waals surface area contributed by atoms with Crippen molar-refractivity contribution in [2.45, 2.75) is 20.3 Å². The maximum Gasteiger partial charge on any atom is 0.297 e. The predicted molar refractivity (Wildman–Crippen MR) is 480 cm³/mol. The molecule has 0 atom stereocenters. The molecule has 0 fully saturated rings. The zero-order valence-electron chi connectivity index (χ0n) is 65.5. The van der Waals surface area contributed by atoms with Gasteiger partial charge in [0.15, 0.2) is 23.0 Å². The van der Waals surface area contributed by atoms with Crippen LogP contribution in [0.4, 0.5) is 0 Å². The Kier molecular flexibility index (Phi) is 28.6. The Morgan fingerprint density at radius 3 is 0.887 bits per heavy atom. The first-order chi connectivity index (χ1) is 60.4. The van der Waals surface area contributed by atoms with Gasteiger partial charge in [0.05, 0.1) is 25.0 Å². The van der Waals surface area contributed by atoms with Gasteiger partial charge >= 0.3 is 0 Å². The van der Waals surface area contributed by atoms with Gasteiger partial charge in [0.1, 0.15) is 71.3 Å². The average molecular weight is 1720 g/mol. The predicted octanol–water partition coefficient (Wildman–Crippen LogP) is 23.7. The minimum atomic E-state index is -0.249. The van der Waals surface area contributed by atoms with Crippen LogP contribution in [0.5, 0.6) is 74.7 Å². The summed E-state index contributed by atoms with van der Waals surface area (Å²) in [6, 6.07) is 78.2. The summed E-state index contributed by atoms with van der Waals surface area (Å²) in [5.41, 5.74) is 7.36. The standard InChI is InChI=1S/C26H20O5S.C25H18O5S.C24H16O6S.C24H16O5S/c1-2-18-5-3-4-6-21(18)24(29)26-25(22-12-9-19(28)15-23(22)32-26)31-20-10-7-17(8-11-20)13-14-30-16-27;1-16-4-2-3-5-20(16)23(28)25-24(21-11-8-18(27)14-22(21)31-25)30-19-9-6-17(7-10-19)12-13-29-15-26;25-14-29-12-11-15-1-8-19(9-2-15)30-23-20-10-7-18(27)13-21(20)31-24(23)22(28)16-3-5-17(26)6-4-16;25-15-28-13-12-16-6-9-19(10-7-16)29-23-20-11-8-18(26)14-21(20)30-24(23)22(27)17-4-2-1-3-5-17/h3-16,28H,2H2,1H3;2-15,27H,1H3;1-14,26-27H;1-15,26H/b14-13+;13-12+;12-11+;13-12+. The van der Waals surface area contributed by atoms with Crippen molar-refractivity contribution in [2.75, 3.05) is 0 Å². The van der Waals surface area contributed by atoms with Gasteiger partial charge in [-0.2, -0.15) is 0 Å². The molecule has 616 valence electrons. The summed E-state index contributed by atoms with van der Waals surface area (Å²) >= 11 is 5.10. The first-order valence-electron chi connectivity index (χ1n) is 37.7. The second-order valence-corrected chi connectivity index (χ2v) is 30.9. The molecular weight excluding hydrogens is 1650 g/mol. The monoisotopic (exact) mass is 1720 g/mol. The van der Waals surface area contributed by atoms with Gasteiger partial charge in [-0.05, 0) is 217 Å². The molecule has 4 heterocycles. The number of hydrogen-bond acceptors (Lipinski definition) is 25. The molecule has 0 aliphatic carbocycles. The third-order valence-corrected chi connectivity index (χ3v) is 23.0. The molecule has 16 rings (SSSR count). The zero-order chi connectivity index (χ0) is 87.0. The number of rotatable bonds is 29. The van der Waals surface area contributed by atoms with E-state index < -0.39 is 0 Å². The van der Waals surface area contributed by atoms with Crippen molar-refractivity contribution in [3.63, 3.8) is 0 Å². The van der Waals surface area contributed by atoms with Gasteiger partial charge in [0.2, 0.25) is 23.1 Å². The zero-order valence-corrected chi connectivity index (χ0v) is 68.8. The number of aryl methyl sites for hydroxylation is 2. The number of thiophene rings is 4. The Bertz CT molecular complexity index is 6700. The second-order valence-electron chi connectivity index (χ2n) is 26.6. The highest BCUT2D eigenvalue weighted by Crippen LogP contribution is 2.48. The van der Waals surface area contributed by atoms with Crippen molar-refractivity contribution < 1.29 is 102 Å². The SMILES string of the molecule is CCc1ccccc1C(=O)c1sc2cc(O)ccc2c1Oc1ccc(/C=C/OC=O)cc1.Cc1ccccc1C(=O)c1sc2cc(O)ccc2c1Oc1ccc(/C=C/OC=O)cc1.O=CO/C=C/c1ccc(Oc2c(C(=O)c3ccc(O)cc3)sc3cc(O)ccc23)cc1.O=CO/C=C/c1ccc(Oc2c(C(=O)c3ccccc3)sc3cc(O)ccc23)cc1. The number of ketones is 4. The number of carbonyl (C=O) groups excluding carboxylic acids is 8. The first kappa shape index (κ1) is 86.1. The molecule has 12 aromatic carbocycles. The lowest BCUT2D eigenvalue weighted by molar-refractivity contribution is -0.124. The van der Waals surface area contributed by atoms with Crippen molar-refractivity contribution in [1.29, 1.82) is 0 Å². The Hall–Kier alpha value is -15.8. The molecular formula is C99H70O21S4. The lowest BCUT2D eigenvalue weighted by atomic mass is 10.0. The molecule has 0 amide bonds. The Balaban J connectivity index is 0.000000142. The van der Waals surface area contributed by atoms with Crippen LogP contribution in [-0.4, -0.2) is 74.6 Å². The number of benzene rings is 12. The lowest BCUT2D eigenvalue weighted by Gasteiger charge is -2.10. The van der Waals surface area contributed by atoms with E-state index in [4.69, 9.17) is 18.9 Å². The van der Waals surface area contributed by atoms with Crippen molar-refractivity contribution in [3.8, 4) is 74.7 Å². The molecule has 0 aliphatic heterocycles. The number of ether oxygens (including phenoxy) is 8. The molecule has 0 spiro atoms. The Morgan fingerprint density at radius 2 is 0.573 bits per heavy atom. The molecule has 0 bridgehead atoms. The van der Waals surface area contributed by atoms with Crippen LogP contribution < -0.4 is 18.9 Å². The molecule has 0 radical (unpaired) electrons. The fourth-order valence-corrected chi connectivity index (χ4v) is 17.0. The van der Waals surface area contributed by atoms with E-state index in [-0.39, 0.29) is 51.9 Å². The second kappa shape index (κ2) is 41.3. The number of phenolic OH excluding ortho intramolecular Hbond substituents is 5. The van der Waals surface area contributed by atoms with E-state index in [1.54, 1.807) is 194 Å². The number of carbonyl (C=O) groups is 8. The smallest absolute Gasteiger partial charge is 0.297 e. The molecule has 124 heavy (non-hydrogen) atoms. The Labute approximate surface area is 724 Å². The fraction of sp³-hybridized carbons (Fsp3) is 0.0303. The van der Waals surface area contributed by atoms with Crippen molar-refractivity contribution in [1.82, 2.24) is 0 Å². The molecule has 21 nitrogen and oxygen atoms in total. The van der Waals surface area contributed by atoms with Gasteiger partial charge in [0.25, 0.3) is 25.9 Å². The molecule has 0 saturated carbocycles. The van der Waals surface area contributed by atoms with Crippen molar-refractivity contribution >= 4 is 159 Å². The third kappa shape index (κ3) is 21.4. The minimum Gasteiger partial charge on any atom is -0.508 e. The number of hydrogen-bond donors (Lipinski definition) is 5. The summed E-state index contributed by atoms with van der Waals surface area (Å²) in [6.07, 6.45) is 12.5. The highest BCUT2D eigenvalue weighted by molar-refractivity contribution is 7.22. The van der Waals surface area contributed by atoms with Crippen LogP contribution in [0.15, 0.2) is 298 Å². The van der Waals surface area contributed by atoms with E-state index >= 15 is 0 Å². The van der Waals surface area contributed by atoms with Gasteiger partial charge < -0.3 is 63.4 Å². The van der Waals surface area contributed by atoms with Gasteiger partial charge in [0, 0.05) is 62.6 Å². The maximum atomic E-state index is 13.5. The van der Waals surface area contributed by atoms with E-state index in [1.165, 1.54) is 88.6 Å². The van der Waals surface area contributed by atoms with E-state index in [1.807, 2.05) is 98.8 Å².